The lowest BCUT2D eigenvalue weighted by atomic mass is 10.1. The molecule has 22 heavy (non-hydrogen) atoms. The number of allylic oxidation sites excluding steroid dienone is 3. The third kappa shape index (κ3) is 6.61. The molecular formula is C19H27NO2. The molecule has 0 aliphatic rings. The lowest BCUT2D eigenvalue weighted by Crippen LogP contribution is -2.09. The fourth-order valence-corrected chi connectivity index (χ4v) is 1.93. The van der Waals surface area contributed by atoms with Crippen LogP contribution in [0.15, 0.2) is 47.6 Å². The van der Waals surface area contributed by atoms with Crippen molar-refractivity contribution in [2.24, 2.45) is 0 Å². The summed E-state index contributed by atoms with van der Waals surface area (Å²) in [6, 6.07) is 7.42. The van der Waals surface area contributed by atoms with Crippen LogP contribution in [-0.2, 0) is 4.74 Å². The van der Waals surface area contributed by atoms with E-state index in [9.17, 15) is 4.79 Å². The van der Waals surface area contributed by atoms with Gasteiger partial charge >= 0.3 is 5.97 Å². The highest BCUT2D eigenvalue weighted by atomic mass is 16.5. The van der Waals surface area contributed by atoms with Crippen molar-refractivity contribution in [1.29, 1.82) is 0 Å². The van der Waals surface area contributed by atoms with Gasteiger partial charge in [0.1, 0.15) is 6.61 Å². The van der Waals surface area contributed by atoms with Crippen LogP contribution in [0.1, 0.15) is 44.0 Å². The molecular weight excluding hydrogens is 274 g/mol. The van der Waals surface area contributed by atoms with E-state index in [1.165, 1.54) is 11.1 Å². The summed E-state index contributed by atoms with van der Waals surface area (Å²) in [5.74, 6) is -0.279. The van der Waals surface area contributed by atoms with Gasteiger partial charge in [-0.15, -0.1) is 0 Å². The van der Waals surface area contributed by atoms with Crippen molar-refractivity contribution in [2.75, 3.05) is 25.6 Å². The summed E-state index contributed by atoms with van der Waals surface area (Å²) in [7, 11) is 3.94. The highest BCUT2D eigenvalue weighted by molar-refractivity contribution is 5.89. The first-order valence-corrected chi connectivity index (χ1v) is 7.63. The molecule has 1 aromatic rings. The van der Waals surface area contributed by atoms with Crippen molar-refractivity contribution in [2.45, 2.75) is 33.6 Å². The minimum absolute atomic E-state index is 0.279. The number of nitrogens with zero attached hydrogens (tertiary/aromatic N) is 1. The van der Waals surface area contributed by atoms with Gasteiger partial charge in [-0.25, -0.2) is 4.79 Å². The van der Waals surface area contributed by atoms with E-state index in [-0.39, 0.29) is 5.97 Å². The van der Waals surface area contributed by atoms with Crippen molar-refractivity contribution >= 4 is 11.7 Å². The molecule has 0 aliphatic carbocycles. The van der Waals surface area contributed by atoms with Crippen molar-refractivity contribution in [1.82, 2.24) is 0 Å². The van der Waals surface area contributed by atoms with Crippen molar-refractivity contribution in [3.8, 4) is 0 Å². The van der Waals surface area contributed by atoms with E-state index in [2.05, 4.69) is 26.8 Å². The average molecular weight is 301 g/mol. The number of carbonyl (C=O) groups excluding carboxylic acids is 1. The Morgan fingerprint density at radius 3 is 2.27 bits per heavy atom. The van der Waals surface area contributed by atoms with Crippen LogP contribution in [0, 0.1) is 0 Å². The second kappa shape index (κ2) is 9.08. The van der Waals surface area contributed by atoms with Crippen LogP contribution in [0.3, 0.4) is 0 Å². The largest absolute Gasteiger partial charge is 0.458 e. The molecule has 1 rings (SSSR count). The Kier molecular flexibility index (Phi) is 7.44. The van der Waals surface area contributed by atoms with Crippen LogP contribution in [0.25, 0.3) is 0 Å². The van der Waals surface area contributed by atoms with Gasteiger partial charge in [-0.3, -0.25) is 0 Å². The molecule has 1 aromatic carbocycles. The van der Waals surface area contributed by atoms with Crippen molar-refractivity contribution in [3.63, 3.8) is 0 Å². The number of hydrogen-bond donors (Lipinski definition) is 0. The zero-order valence-electron chi connectivity index (χ0n) is 14.3. The second-order valence-electron chi connectivity index (χ2n) is 5.91. The van der Waals surface area contributed by atoms with Crippen LogP contribution < -0.4 is 4.90 Å². The molecule has 0 spiro atoms. The Labute approximate surface area is 134 Å². The Hall–Kier alpha value is -2.03. The minimum Gasteiger partial charge on any atom is -0.458 e. The van der Waals surface area contributed by atoms with Gasteiger partial charge in [-0.2, -0.15) is 0 Å². The maximum absolute atomic E-state index is 11.9. The molecule has 0 fully saturated rings. The Morgan fingerprint density at radius 2 is 1.73 bits per heavy atom. The van der Waals surface area contributed by atoms with Gasteiger partial charge in [-0.05, 0) is 64.0 Å². The zero-order chi connectivity index (χ0) is 16.5. The van der Waals surface area contributed by atoms with E-state index in [1.54, 1.807) is 12.1 Å². The van der Waals surface area contributed by atoms with Crippen LogP contribution in [0.5, 0.6) is 0 Å². The number of rotatable bonds is 7. The normalized spacial score (nSPS) is 11.0. The summed E-state index contributed by atoms with van der Waals surface area (Å²) in [5, 5.41) is 0. The maximum atomic E-state index is 11.9. The zero-order valence-corrected chi connectivity index (χ0v) is 14.3. The third-order valence-electron chi connectivity index (χ3n) is 3.36. The van der Waals surface area contributed by atoms with Crippen LogP contribution in [-0.4, -0.2) is 26.7 Å². The van der Waals surface area contributed by atoms with Gasteiger partial charge in [0.2, 0.25) is 0 Å². The molecule has 0 atom stereocenters. The first-order valence-electron chi connectivity index (χ1n) is 7.63. The second-order valence-corrected chi connectivity index (χ2v) is 5.91. The first-order chi connectivity index (χ1) is 10.4. The average Bonchev–Trinajstić information content (AvgIpc) is 2.46. The minimum atomic E-state index is -0.279. The van der Waals surface area contributed by atoms with Crippen molar-refractivity contribution < 1.29 is 9.53 Å². The molecule has 3 nitrogen and oxygen atoms in total. The van der Waals surface area contributed by atoms with E-state index in [4.69, 9.17) is 4.74 Å². The van der Waals surface area contributed by atoms with Gasteiger partial charge in [0, 0.05) is 19.8 Å². The molecule has 120 valence electrons. The van der Waals surface area contributed by atoms with Crippen LogP contribution in [0.4, 0.5) is 5.69 Å². The van der Waals surface area contributed by atoms with Gasteiger partial charge in [0.15, 0.2) is 0 Å². The van der Waals surface area contributed by atoms with Gasteiger partial charge in [0.25, 0.3) is 0 Å². The Balaban J connectivity index is 2.43. The molecule has 0 unspecified atom stereocenters. The van der Waals surface area contributed by atoms with Crippen LogP contribution >= 0.6 is 0 Å². The number of hydrogen-bond acceptors (Lipinski definition) is 3. The molecule has 3 heteroatoms. The SMILES string of the molecule is CC(C)=CCC/C(C)=C/COC(=O)c1ccc(N(C)C)cc1. The third-order valence-corrected chi connectivity index (χ3v) is 3.36. The lowest BCUT2D eigenvalue weighted by molar-refractivity contribution is 0.0549. The number of esters is 1. The Bertz CT molecular complexity index is 535. The molecule has 0 heterocycles. The Morgan fingerprint density at radius 1 is 1.09 bits per heavy atom. The highest BCUT2D eigenvalue weighted by Crippen LogP contribution is 2.13. The van der Waals surface area contributed by atoms with Gasteiger partial charge < -0.3 is 9.64 Å². The van der Waals surface area contributed by atoms with Gasteiger partial charge in [-0.1, -0.05) is 17.2 Å². The lowest BCUT2D eigenvalue weighted by Gasteiger charge is -2.12. The standard InChI is InChI=1S/C19H27NO2/c1-15(2)7-6-8-16(3)13-14-22-19(21)17-9-11-18(12-10-17)20(4)5/h7,9-13H,6,8,14H2,1-5H3/b16-13+. The molecule has 0 amide bonds. The molecule has 0 aromatic heterocycles. The summed E-state index contributed by atoms with van der Waals surface area (Å²) < 4.78 is 5.28. The van der Waals surface area contributed by atoms with Crippen molar-refractivity contribution in [3.05, 3.63) is 53.1 Å². The monoisotopic (exact) mass is 301 g/mol. The quantitative estimate of drug-likeness (QED) is 0.544. The molecule has 0 saturated carbocycles. The number of anilines is 1. The number of benzene rings is 1. The van der Waals surface area contributed by atoms with E-state index in [0.717, 1.165) is 18.5 Å². The van der Waals surface area contributed by atoms with E-state index < -0.39 is 0 Å². The van der Waals surface area contributed by atoms with Gasteiger partial charge in [0.05, 0.1) is 5.56 Å². The maximum Gasteiger partial charge on any atom is 0.338 e. The predicted molar refractivity (Wildman–Crippen MR) is 93.5 cm³/mol. The van der Waals surface area contributed by atoms with E-state index in [0.29, 0.717) is 12.2 Å². The fourth-order valence-electron chi connectivity index (χ4n) is 1.93. The smallest absolute Gasteiger partial charge is 0.338 e. The number of carbonyl (C=O) groups is 1. The highest BCUT2D eigenvalue weighted by Gasteiger charge is 2.06. The summed E-state index contributed by atoms with van der Waals surface area (Å²) in [6.45, 7) is 6.60. The molecule has 0 saturated heterocycles. The molecule has 0 bridgehead atoms. The topological polar surface area (TPSA) is 29.5 Å². The van der Waals surface area contributed by atoms with E-state index in [1.807, 2.05) is 37.2 Å². The first kappa shape index (κ1) is 18.0. The summed E-state index contributed by atoms with van der Waals surface area (Å²) >= 11 is 0. The summed E-state index contributed by atoms with van der Waals surface area (Å²) in [4.78, 5) is 13.9. The summed E-state index contributed by atoms with van der Waals surface area (Å²) in [5.41, 5.74) is 4.22. The molecule has 0 radical (unpaired) electrons. The van der Waals surface area contributed by atoms with E-state index >= 15 is 0 Å². The summed E-state index contributed by atoms with van der Waals surface area (Å²) in [6.07, 6.45) is 6.23. The fraction of sp³-hybridized carbons (Fsp3) is 0.421. The number of ether oxygens (including phenoxy) is 1. The van der Waals surface area contributed by atoms with Crippen LogP contribution in [0.2, 0.25) is 0 Å². The molecule has 0 aliphatic heterocycles. The predicted octanol–water partition coefficient (Wildman–Crippen LogP) is 4.60. The molecule has 0 N–H and O–H groups in total.